The number of aliphatic hydroxyl groups is 2. The Balaban J connectivity index is 0.00000220. The van der Waals surface area contributed by atoms with Crippen molar-refractivity contribution >= 4 is 12.4 Å². The summed E-state index contributed by atoms with van der Waals surface area (Å²) in [6, 6.07) is 7.09. The van der Waals surface area contributed by atoms with Gasteiger partial charge in [-0.2, -0.15) is 0 Å². The monoisotopic (exact) mass is 315 g/mol. The Labute approximate surface area is 132 Å². The standard InChI is InChI=1S/C16H25NO3.ClH/c1-17(2)11-15(12-3-5-13(18)6-4-12)16(20)9-7-14(19)8-10-16;/h3-6,14-15,18-20H,7-11H2,1-2H3;1H. The van der Waals surface area contributed by atoms with E-state index in [0.29, 0.717) is 25.7 Å². The second kappa shape index (κ2) is 7.45. The first-order valence-electron chi connectivity index (χ1n) is 7.25. The molecule has 0 bridgehead atoms. The summed E-state index contributed by atoms with van der Waals surface area (Å²) in [6.45, 7) is 0.747. The number of halogens is 1. The Morgan fingerprint density at radius 1 is 1.19 bits per heavy atom. The molecule has 0 aromatic heterocycles. The number of hydrogen-bond donors (Lipinski definition) is 3. The van der Waals surface area contributed by atoms with Gasteiger partial charge in [-0.15, -0.1) is 12.4 Å². The average molecular weight is 316 g/mol. The van der Waals surface area contributed by atoms with Crippen LogP contribution >= 0.6 is 12.4 Å². The zero-order valence-corrected chi connectivity index (χ0v) is 13.5. The molecule has 0 aliphatic heterocycles. The fraction of sp³-hybridized carbons (Fsp3) is 0.625. The van der Waals surface area contributed by atoms with Gasteiger partial charge in [0.25, 0.3) is 0 Å². The van der Waals surface area contributed by atoms with Gasteiger partial charge in [-0.3, -0.25) is 0 Å². The van der Waals surface area contributed by atoms with Gasteiger partial charge in [-0.25, -0.2) is 0 Å². The van der Waals surface area contributed by atoms with Crippen molar-refractivity contribution in [3.8, 4) is 5.75 Å². The van der Waals surface area contributed by atoms with Crippen molar-refractivity contribution in [3.05, 3.63) is 29.8 Å². The van der Waals surface area contributed by atoms with Crippen molar-refractivity contribution in [1.29, 1.82) is 0 Å². The third-order valence-corrected chi connectivity index (χ3v) is 4.31. The van der Waals surface area contributed by atoms with Crippen molar-refractivity contribution in [3.63, 3.8) is 0 Å². The molecule has 2 rings (SSSR count). The molecule has 1 saturated carbocycles. The zero-order chi connectivity index (χ0) is 14.8. The SMILES string of the molecule is CN(C)CC(c1ccc(O)cc1)C1(O)CCC(O)CC1.Cl. The normalized spacial score (nSPS) is 27.2. The molecule has 1 aromatic rings. The lowest BCUT2D eigenvalue weighted by atomic mass is 9.72. The number of benzene rings is 1. The van der Waals surface area contributed by atoms with E-state index in [1.54, 1.807) is 12.1 Å². The van der Waals surface area contributed by atoms with E-state index in [4.69, 9.17) is 0 Å². The second-order valence-corrected chi connectivity index (χ2v) is 6.24. The molecule has 0 amide bonds. The molecule has 0 heterocycles. The smallest absolute Gasteiger partial charge is 0.115 e. The molecule has 0 radical (unpaired) electrons. The summed E-state index contributed by atoms with van der Waals surface area (Å²) in [6.07, 6.45) is 2.26. The molecule has 3 N–H and O–H groups in total. The molecule has 1 aliphatic carbocycles. The van der Waals surface area contributed by atoms with E-state index >= 15 is 0 Å². The van der Waals surface area contributed by atoms with Gasteiger partial charge in [0.2, 0.25) is 0 Å². The van der Waals surface area contributed by atoms with Gasteiger partial charge in [0.1, 0.15) is 5.75 Å². The van der Waals surface area contributed by atoms with Crippen LogP contribution in [-0.2, 0) is 0 Å². The largest absolute Gasteiger partial charge is 0.508 e. The Kier molecular flexibility index (Phi) is 6.47. The summed E-state index contributed by atoms with van der Waals surface area (Å²) >= 11 is 0. The summed E-state index contributed by atoms with van der Waals surface area (Å²) in [4.78, 5) is 2.07. The van der Waals surface area contributed by atoms with Crippen molar-refractivity contribution < 1.29 is 15.3 Å². The topological polar surface area (TPSA) is 63.9 Å². The minimum absolute atomic E-state index is 0. The molecule has 21 heavy (non-hydrogen) atoms. The Morgan fingerprint density at radius 2 is 1.71 bits per heavy atom. The van der Waals surface area contributed by atoms with E-state index in [9.17, 15) is 15.3 Å². The van der Waals surface area contributed by atoms with Crippen LogP contribution in [0.4, 0.5) is 0 Å². The maximum Gasteiger partial charge on any atom is 0.115 e. The fourth-order valence-electron chi connectivity index (χ4n) is 3.11. The highest BCUT2D eigenvalue weighted by Gasteiger charge is 2.40. The highest BCUT2D eigenvalue weighted by atomic mass is 35.5. The molecule has 120 valence electrons. The Bertz CT molecular complexity index is 428. The first-order valence-corrected chi connectivity index (χ1v) is 7.25. The zero-order valence-electron chi connectivity index (χ0n) is 12.7. The van der Waals surface area contributed by atoms with E-state index in [1.807, 2.05) is 26.2 Å². The van der Waals surface area contributed by atoms with Crippen LogP contribution < -0.4 is 0 Å². The van der Waals surface area contributed by atoms with Crippen LogP contribution in [0.1, 0.15) is 37.2 Å². The first kappa shape index (κ1) is 18.2. The predicted octanol–water partition coefficient (Wildman–Crippen LogP) is 2.13. The lowest BCUT2D eigenvalue weighted by molar-refractivity contribution is -0.0556. The second-order valence-electron chi connectivity index (χ2n) is 6.24. The van der Waals surface area contributed by atoms with Crippen LogP contribution in [0, 0.1) is 0 Å². The molecule has 4 nitrogen and oxygen atoms in total. The summed E-state index contributed by atoms with van der Waals surface area (Å²) in [7, 11) is 3.99. The number of phenols is 1. The van der Waals surface area contributed by atoms with E-state index < -0.39 is 5.60 Å². The lowest BCUT2D eigenvalue weighted by Gasteiger charge is -2.42. The number of aliphatic hydroxyl groups excluding tert-OH is 1. The molecular formula is C16H26ClNO3. The number of aromatic hydroxyl groups is 1. The van der Waals surface area contributed by atoms with Crippen LogP contribution in [0.5, 0.6) is 5.75 Å². The summed E-state index contributed by atoms with van der Waals surface area (Å²) in [5.74, 6) is 0.231. The maximum absolute atomic E-state index is 11.0. The molecular weight excluding hydrogens is 290 g/mol. The van der Waals surface area contributed by atoms with Gasteiger partial charge >= 0.3 is 0 Å². The van der Waals surface area contributed by atoms with E-state index in [2.05, 4.69) is 4.90 Å². The van der Waals surface area contributed by atoms with Gasteiger partial charge < -0.3 is 20.2 Å². The van der Waals surface area contributed by atoms with Gasteiger partial charge in [-0.1, -0.05) is 12.1 Å². The number of nitrogens with zero attached hydrogens (tertiary/aromatic N) is 1. The molecule has 1 unspecified atom stereocenters. The minimum atomic E-state index is -0.777. The lowest BCUT2D eigenvalue weighted by Crippen LogP contribution is -2.45. The summed E-state index contributed by atoms with van der Waals surface area (Å²) in [5.41, 5.74) is 0.260. The van der Waals surface area contributed by atoms with E-state index in [-0.39, 0.29) is 30.2 Å². The van der Waals surface area contributed by atoms with Crippen molar-refractivity contribution in [1.82, 2.24) is 4.90 Å². The molecule has 1 fully saturated rings. The van der Waals surface area contributed by atoms with Crippen molar-refractivity contribution in [2.75, 3.05) is 20.6 Å². The number of likely N-dealkylation sites (N-methyl/N-ethyl adjacent to an activating group) is 1. The number of rotatable bonds is 4. The highest BCUT2D eigenvalue weighted by Crippen LogP contribution is 2.40. The highest BCUT2D eigenvalue weighted by molar-refractivity contribution is 5.85. The van der Waals surface area contributed by atoms with Gasteiger partial charge in [-0.05, 0) is 57.5 Å². The van der Waals surface area contributed by atoms with Gasteiger partial charge in [0, 0.05) is 12.5 Å². The van der Waals surface area contributed by atoms with Crippen LogP contribution in [0.2, 0.25) is 0 Å². The molecule has 0 saturated heterocycles. The Hall–Kier alpha value is -0.810. The van der Waals surface area contributed by atoms with Crippen LogP contribution in [0.3, 0.4) is 0 Å². The molecule has 1 aliphatic rings. The minimum Gasteiger partial charge on any atom is -0.508 e. The molecule has 1 aromatic carbocycles. The summed E-state index contributed by atoms with van der Waals surface area (Å²) < 4.78 is 0. The van der Waals surface area contributed by atoms with Crippen LogP contribution in [0.15, 0.2) is 24.3 Å². The average Bonchev–Trinajstić information content (AvgIpc) is 2.41. The predicted molar refractivity (Wildman–Crippen MR) is 86.1 cm³/mol. The number of phenolic OH excluding ortho intramolecular Hbond substituents is 1. The van der Waals surface area contributed by atoms with Gasteiger partial charge in [0.15, 0.2) is 0 Å². The van der Waals surface area contributed by atoms with Crippen LogP contribution in [-0.4, -0.2) is 52.6 Å². The van der Waals surface area contributed by atoms with Crippen molar-refractivity contribution in [2.24, 2.45) is 0 Å². The summed E-state index contributed by atoms with van der Waals surface area (Å²) in [5, 5.41) is 30.1. The third kappa shape index (κ3) is 4.58. The Morgan fingerprint density at radius 3 is 2.19 bits per heavy atom. The van der Waals surface area contributed by atoms with E-state index in [1.165, 1.54) is 0 Å². The number of hydrogen-bond acceptors (Lipinski definition) is 4. The van der Waals surface area contributed by atoms with Crippen molar-refractivity contribution in [2.45, 2.75) is 43.3 Å². The van der Waals surface area contributed by atoms with Gasteiger partial charge in [0.05, 0.1) is 11.7 Å². The molecule has 1 atom stereocenters. The maximum atomic E-state index is 11.0. The fourth-order valence-corrected chi connectivity index (χ4v) is 3.11. The third-order valence-electron chi connectivity index (χ3n) is 4.31. The quantitative estimate of drug-likeness (QED) is 0.796. The van der Waals surface area contributed by atoms with E-state index in [0.717, 1.165) is 12.1 Å². The van der Waals surface area contributed by atoms with Crippen LogP contribution in [0.25, 0.3) is 0 Å². The molecule has 0 spiro atoms. The molecule has 5 heteroatoms. The first-order chi connectivity index (χ1) is 9.40.